The number of aromatic nitrogens is 1. The number of hydrogen-bond acceptors (Lipinski definition) is 4. The van der Waals surface area contributed by atoms with Crippen molar-refractivity contribution in [2.24, 2.45) is 11.7 Å². The van der Waals surface area contributed by atoms with E-state index in [1.165, 1.54) is 17.3 Å². The summed E-state index contributed by atoms with van der Waals surface area (Å²) in [6.07, 6.45) is 6.05. The summed E-state index contributed by atoms with van der Waals surface area (Å²) in [7, 11) is 0. The summed E-state index contributed by atoms with van der Waals surface area (Å²) in [5.74, 6) is -0.0745. The fraction of sp³-hybridized carbons (Fsp3) is 0.467. The third kappa shape index (κ3) is 1.97. The molecule has 0 saturated heterocycles. The Morgan fingerprint density at radius 3 is 2.52 bits per heavy atom. The molecule has 2 heterocycles. The molecule has 1 fully saturated rings. The zero-order valence-corrected chi connectivity index (χ0v) is 12.7. The Kier molecular flexibility index (Phi) is 3.28. The maximum Gasteiger partial charge on any atom is 0.264 e. The van der Waals surface area contributed by atoms with Crippen molar-refractivity contribution in [3.63, 3.8) is 0 Å². The SMILES string of the molecule is CC1CCC(C(N)=S)(N2C(=O)c3ccncc3C2=O)CC1. The second-order valence-corrected chi connectivity index (χ2v) is 6.39. The number of hydrogen-bond donors (Lipinski definition) is 1. The van der Waals surface area contributed by atoms with Gasteiger partial charge in [-0.05, 0) is 37.7 Å². The Morgan fingerprint density at radius 2 is 1.95 bits per heavy atom. The molecule has 110 valence electrons. The number of carbonyl (C=O) groups is 2. The number of nitrogens with two attached hydrogens (primary N) is 1. The van der Waals surface area contributed by atoms with Gasteiger partial charge in [0.15, 0.2) is 0 Å². The first-order valence-corrected chi connectivity index (χ1v) is 7.51. The van der Waals surface area contributed by atoms with Crippen LogP contribution in [0.25, 0.3) is 0 Å². The van der Waals surface area contributed by atoms with E-state index in [-0.39, 0.29) is 16.8 Å². The Morgan fingerprint density at radius 1 is 1.33 bits per heavy atom. The fourth-order valence-corrected chi connectivity index (χ4v) is 3.59. The highest BCUT2D eigenvalue weighted by atomic mass is 32.1. The molecular formula is C15H17N3O2S. The van der Waals surface area contributed by atoms with Crippen molar-refractivity contribution in [3.8, 4) is 0 Å². The smallest absolute Gasteiger partial charge is 0.264 e. The summed E-state index contributed by atoms with van der Waals surface area (Å²) >= 11 is 5.24. The van der Waals surface area contributed by atoms with Crippen molar-refractivity contribution in [1.82, 2.24) is 9.88 Å². The molecule has 0 radical (unpaired) electrons. The van der Waals surface area contributed by atoms with E-state index >= 15 is 0 Å². The molecule has 2 amide bonds. The van der Waals surface area contributed by atoms with Crippen LogP contribution in [0.4, 0.5) is 0 Å². The zero-order chi connectivity index (χ0) is 15.2. The van der Waals surface area contributed by atoms with Gasteiger partial charge in [-0.15, -0.1) is 0 Å². The molecule has 1 aliphatic heterocycles. The Balaban J connectivity index is 2.05. The van der Waals surface area contributed by atoms with Gasteiger partial charge in [0.2, 0.25) is 0 Å². The molecular weight excluding hydrogens is 286 g/mol. The molecule has 5 nitrogen and oxygen atoms in total. The predicted molar refractivity (Wildman–Crippen MR) is 81.9 cm³/mol. The third-order valence-electron chi connectivity index (χ3n) is 4.68. The lowest BCUT2D eigenvalue weighted by Crippen LogP contribution is -2.60. The molecule has 0 unspecified atom stereocenters. The normalized spacial score (nSPS) is 28.6. The van der Waals surface area contributed by atoms with Crippen molar-refractivity contribution < 1.29 is 9.59 Å². The minimum absolute atomic E-state index is 0.233. The van der Waals surface area contributed by atoms with Crippen LogP contribution in [0.1, 0.15) is 53.3 Å². The van der Waals surface area contributed by atoms with Gasteiger partial charge in [-0.2, -0.15) is 0 Å². The highest BCUT2D eigenvalue weighted by molar-refractivity contribution is 7.80. The van der Waals surface area contributed by atoms with Crippen LogP contribution in [0.5, 0.6) is 0 Å². The van der Waals surface area contributed by atoms with Crippen LogP contribution in [0.2, 0.25) is 0 Å². The van der Waals surface area contributed by atoms with Gasteiger partial charge >= 0.3 is 0 Å². The van der Waals surface area contributed by atoms with Crippen LogP contribution in [0.3, 0.4) is 0 Å². The number of nitrogens with zero attached hydrogens (tertiary/aromatic N) is 2. The van der Waals surface area contributed by atoms with Crippen LogP contribution >= 0.6 is 12.2 Å². The molecule has 1 aromatic heterocycles. The quantitative estimate of drug-likeness (QED) is 0.667. The molecule has 0 bridgehead atoms. The standard InChI is InChI=1S/C15H17N3O2S/c1-9-2-5-15(6-3-9,14(16)21)18-12(19)10-4-7-17-8-11(10)13(18)20/h4,7-9H,2-3,5-6H2,1H3,(H2,16,21). The van der Waals surface area contributed by atoms with E-state index in [1.807, 2.05) is 0 Å². The Bertz CT molecular complexity index is 601. The Labute approximate surface area is 128 Å². The van der Waals surface area contributed by atoms with Crippen molar-refractivity contribution in [2.45, 2.75) is 38.1 Å². The molecule has 1 aromatic rings. The van der Waals surface area contributed by atoms with E-state index in [0.717, 1.165) is 12.8 Å². The minimum atomic E-state index is -0.824. The zero-order valence-electron chi connectivity index (χ0n) is 11.8. The number of carbonyl (C=O) groups excluding carboxylic acids is 2. The average Bonchev–Trinajstić information content (AvgIpc) is 2.73. The third-order valence-corrected chi connectivity index (χ3v) is 5.06. The molecule has 0 aromatic carbocycles. The molecule has 21 heavy (non-hydrogen) atoms. The summed E-state index contributed by atoms with van der Waals surface area (Å²) in [4.78, 5) is 30.8. The lowest BCUT2D eigenvalue weighted by Gasteiger charge is -2.44. The fourth-order valence-electron chi connectivity index (χ4n) is 3.29. The van der Waals surface area contributed by atoms with Crippen LogP contribution in [-0.2, 0) is 0 Å². The molecule has 0 spiro atoms. The van der Waals surface area contributed by atoms with Crippen molar-refractivity contribution in [3.05, 3.63) is 29.6 Å². The summed E-state index contributed by atoms with van der Waals surface area (Å²) in [6.45, 7) is 2.16. The molecule has 1 aliphatic carbocycles. The first-order chi connectivity index (χ1) is 9.97. The summed E-state index contributed by atoms with van der Waals surface area (Å²) in [5.41, 5.74) is 5.87. The van der Waals surface area contributed by atoms with Gasteiger partial charge in [0.25, 0.3) is 11.8 Å². The van der Waals surface area contributed by atoms with Gasteiger partial charge in [-0.3, -0.25) is 19.5 Å². The monoisotopic (exact) mass is 303 g/mol. The van der Waals surface area contributed by atoms with Crippen molar-refractivity contribution in [2.75, 3.05) is 0 Å². The Hall–Kier alpha value is -1.82. The van der Waals surface area contributed by atoms with Gasteiger partial charge < -0.3 is 5.73 Å². The molecule has 2 aliphatic rings. The number of thiocarbonyl (C=S) groups is 1. The predicted octanol–water partition coefficient (Wildman–Crippen LogP) is 1.91. The van der Waals surface area contributed by atoms with E-state index in [4.69, 9.17) is 18.0 Å². The van der Waals surface area contributed by atoms with E-state index in [0.29, 0.717) is 29.9 Å². The van der Waals surface area contributed by atoms with Crippen LogP contribution in [0, 0.1) is 5.92 Å². The molecule has 6 heteroatoms. The van der Waals surface area contributed by atoms with E-state index in [2.05, 4.69) is 11.9 Å². The van der Waals surface area contributed by atoms with E-state index < -0.39 is 5.54 Å². The van der Waals surface area contributed by atoms with Gasteiger partial charge in [-0.25, -0.2) is 0 Å². The van der Waals surface area contributed by atoms with Crippen LogP contribution in [0.15, 0.2) is 18.5 Å². The van der Waals surface area contributed by atoms with E-state index in [1.54, 1.807) is 6.07 Å². The summed E-state index contributed by atoms with van der Waals surface area (Å²) in [6, 6.07) is 1.58. The topological polar surface area (TPSA) is 76.3 Å². The largest absolute Gasteiger partial charge is 0.391 e. The number of pyridine rings is 1. The summed E-state index contributed by atoms with van der Waals surface area (Å²) < 4.78 is 0. The average molecular weight is 303 g/mol. The molecule has 1 saturated carbocycles. The lowest BCUT2D eigenvalue weighted by molar-refractivity contribution is 0.0447. The van der Waals surface area contributed by atoms with E-state index in [9.17, 15) is 9.59 Å². The summed E-state index contributed by atoms with van der Waals surface area (Å²) in [5, 5.41) is 0. The van der Waals surface area contributed by atoms with Gasteiger partial charge in [0.1, 0.15) is 5.54 Å². The number of fused-ring (bicyclic) bond motifs is 1. The molecule has 0 atom stereocenters. The van der Waals surface area contributed by atoms with Gasteiger partial charge in [0.05, 0.1) is 16.1 Å². The van der Waals surface area contributed by atoms with Gasteiger partial charge in [-0.1, -0.05) is 19.1 Å². The first-order valence-electron chi connectivity index (χ1n) is 7.10. The maximum atomic E-state index is 12.7. The number of rotatable bonds is 2. The second-order valence-electron chi connectivity index (χ2n) is 5.95. The lowest BCUT2D eigenvalue weighted by atomic mass is 9.76. The highest BCUT2D eigenvalue weighted by Crippen LogP contribution is 2.40. The second kappa shape index (κ2) is 4.87. The van der Waals surface area contributed by atoms with Crippen molar-refractivity contribution in [1.29, 1.82) is 0 Å². The highest BCUT2D eigenvalue weighted by Gasteiger charge is 2.51. The van der Waals surface area contributed by atoms with Crippen LogP contribution in [-0.4, -0.2) is 32.2 Å². The minimum Gasteiger partial charge on any atom is -0.391 e. The van der Waals surface area contributed by atoms with Crippen LogP contribution < -0.4 is 5.73 Å². The number of imide groups is 1. The molecule has 2 N–H and O–H groups in total. The maximum absolute atomic E-state index is 12.7. The van der Waals surface area contributed by atoms with Crippen molar-refractivity contribution >= 4 is 29.0 Å². The first kappa shape index (κ1) is 14.1. The van der Waals surface area contributed by atoms with Gasteiger partial charge in [0, 0.05) is 12.4 Å². The molecule has 3 rings (SSSR count). The number of amides is 2.